The molecule has 0 radical (unpaired) electrons. The lowest BCUT2D eigenvalue weighted by Crippen LogP contribution is -2.23. The van der Waals surface area contributed by atoms with Crippen LogP contribution in [0.15, 0.2) is 53.3 Å². The molecule has 0 aliphatic heterocycles. The average molecular weight is 373 g/mol. The minimum atomic E-state index is -0.759. The van der Waals surface area contributed by atoms with Crippen molar-refractivity contribution < 1.29 is 9.90 Å². The van der Waals surface area contributed by atoms with Crippen LogP contribution in [0.3, 0.4) is 0 Å². The third-order valence-corrected chi connectivity index (χ3v) is 4.66. The second-order valence-corrected chi connectivity index (χ2v) is 6.73. The molecule has 0 unspecified atom stereocenters. The van der Waals surface area contributed by atoms with Gasteiger partial charge >= 0.3 is 11.7 Å². The van der Waals surface area contributed by atoms with E-state index in [-0.39, 0.29) is 12.1 Å². The van der Waals surface area contributed by atoms with Crippen molar-refractivity contribution >= 4 is 28.6 Å². The number of para-hydroxylation sites is 2. The topological polar surface area (TPSA) is 64.2 Å². The van der Waals surface area contributed by atoms with Crippen molar-refractivity contribution in [3.8, 4) is 5.69 Å². The first-order valence-electron chi connectivity index (χ1n) is 8.76. The third-order valence-electron chi connectivity index (χ3n) is 4.42. The molecule has 2 aromatic carbocycles. The summed E-state index contributed by atoms with van der Waals surface area (Å²) in [5.41, 5.74) is 2.41. The van der Waals surface area contributed by atoms with Gasteiger partial charge in [0.25, 0.3) is 0 Å². The van der Waals surface area contributed by atoms with Crippen molar-refractivity contribution in [1.82, 2.24) is 9.13 Å². The summed E-state index contributed by atoms with van der Waals surface area (Å²) in [7, 11) is 0. The Labute approximate surface area is 156 Å². The van der Waals surface area contributed by atoms with E-state index in [2.05, 4.69) is 0 Å². The maximum absolute atomic E-state index is 13.0. The summed E-state index contributed by atoms with van der Waals surface area (Å²) >= 11 is 6.10. The molecule has 6 heteroatoms. The molecule has 26 heavy (non-hydrogen) atoms. The quantitative estimate of drug-likeness (QED) is 0.593. The van der Waals surface area contributed by atoms with Crippen LogP contribution in [0.25, 0.3) is 16.7 Å². The van der Waals surface area contributed by atoms with Gasteiger partial charge in [0.1, 0.15) is 0 Å². The first-order chi connectivity index (χ1) is 12.6. The number of hydrogen-bond acceptors (Lipinski definition) is 2. The van der Waals surface area contributed by atoms with Gasteiger partial charge in [-0.1, -0.05) is 42.6 Å². The number of carboxylic acid groups (broad SMARTS) is 1. The highest BCUT2D eigenvalue weighted by Gasteiger charge is 2.14. The largest absolute Gasteiger partial charge is 0.481 e. The highest BCUT2D eigenvalue weighted by atomic mass is 35.5. The van der Waals surface area contributed by atoms with Crippen molar-refractivity contribution in [3.05, 3.63) is 64.0 Å². The number of rotatable bonds is 8. The van der Waals surface area contributed by atoms with Gasteiger partial charge in [-0.2, -0.15) is 0 Å². The average Bonchev–Trinajstić information content (AvgIpc) is 2.89. The van der Waals surface area contributed by atoms with Crippen LogP contribution in [0.1, 0.15) is 32.1 Å². The lowest BCUT2D eigenvalue weighted by molar-refractivity contribution is -0.137. The lowest BCUT2D eigenvalue weighted by Gasteiger charge is -2.04. The van der Waals surface area contributed by atoms with E-state index in [9.17, 15) is 9.59 Å². The van der Waals surface area contributed by atoms with Crippen LogP contribution < -0.4 is 5.69 Å². The van der Waals surface area contributed by atoms with Gasteiger partial charge in [-0.05, 0) is 43.2 Å². The molecule has 3 aromatic rings. The van der Waals surface area contributed by atoms with Gasteiger partial charge in [-0.3, -0.25) is 13.9 Å². The van der Waals surface area contributed by atoms with E-state index in [1.54, 1.807) is 21.3 Å². The van der Waals surface area contributed by atoms with Crippen molar-refractivity contribution in [2.24, 2.45) is 0 Å². The number of nitrogens with zero attached hydrogens (tertiary/aromatic N) is 2. The Morgan fingerprint density at radius 3 is 2.42 bits per heavy atom. The van der Waals surface area contributed by atoms with Gasteiger partial charge in [0.2, 0.25) is 0 Å². The van der Waals surface area contributed by atoms with E-state index in [0.29, 0.717) is 18.0 Å². The molecule has 0 fully saturated rings. The van der Waals surface area contributed by atoms with Crippen LogP contribution in [0.4, 0.5) is 0 Å². The van der Waals surface area contributed by atoms with E-state index < -0.39 is 5.97 Å². The molecule has 0 spiro atoms. The van der Waals surface area contributed by atoms with Gasteiger partial charge in [0.15, 0.2) is 0 Å². The number of hydrogen-bond donors (Lipinski definition) is 1. The van der Waals surface area contributed by atoms with Crippen LogP contribution in [0.5, 0.6) is 0 Å². The molecule has 0 amide bonds. The summed E-state index contributed by atoms with van der Waals surface area (Å²) in [4.78, 5) is 23.6. The number of fused-ring (bicyclic) bond motifs is 1. The number of unbranched alkanes of at least 4 members (excludes halogenated alkanes) is 3. The first-order valence-corrected chi connectivity index (χ1v) is 9.14. The Hall–Kier alpha value is -2.53. The number of aryl methyl sites for hydroxylation is 1. The molecule has 0 saturated carbocycles. The summed E-state index contributed by atoms with van der Waals surface area (Å²) < 4.78 is 3.47. The van der Waals surface area contributed by atoms with Crippen LogP contribution >= 0.6 is 11.6 Å². The van der Waals surface area contributed by atoms with Crippen LogP contribution in [-0.4, -0.2) is 20.2 Å². The highest BCUT2D eigenvalue weighted by Crippen LogP contribution is 2.20. The number of carbonyl (C=O) groups is 1. The normalized spacial score (nSPS) is 11.1. The molecule has 0 saturated heterocycles. The number of aliphatic carboxylic acids is 1. The zero-order chi connectivity index (χ0) is 18.5. The van der Waals surface area contributed by atoms with Crippen molar-refractivity contribution in [1.29, 1.82) is 0 Å². The Morgan fingerprint density at radius 1 is 0.962 bits per heavy atom. The Morgan fingerprint density at radius 2 is 1.69 bits per heavy atom. The lowest BCUT2D eigenvalue weighted by atomic mass is 10.1. The maximum atomic E-state index is 13.0. The summed E-state index contributed by atoms with van der Waals surface area (Å²) in [5.74, 6) is -0.759. The maximum Gasteiger partial charge on any atom is 0.333 e. The van der Waals surface area contributed by atoms with Gasteiger partial charge in [-0.15, -0.1) is 0 Å². The molecule has 5 nitrogen and oxygen atoms in total. The highest BCUT2D eigenvalue weighted by molar-refractivity contribution is 6.30. The minimum absolute atomic E-state index is 0.0843. The number of benzene rings is 2. The second kappa shape index (κ2) is 8.23. The smallest absolute Gasteiger partial charge is 0.333 e. The molecule has 1 heterocycles. The van der Waals surface area contributed by atoms with E-state index >= 15 is 0 Å². The summed E-state index contributed by atoms with van der Waals surface area (Å²) in [6.07, 6.45) is 3.47. The summed E-state index contributed by atoms with van der Waals surface area (Å²) in [6, 6.07) is 15.0. The van der Waals surface area contributed by atoms with Crippen LogP contribution in [0.2, 0.25) is 5.02 Å². The Kier molecular flexibility index (Phi) is 5.78. The molecule has 3 rings (SSSR count). The molecule has 136 valence electrons. The fourth-order valence-electron chi connectivity index (χ4n) is 3.19. The number of aromatic nitrogens is 2. The molecule has 1 N–H and O–H groups in total. The Balaban J connectivity index is 1.84. The standard InChI is InChI=1S/C20H21ClN2O3/c21-15-8-7-9-16(14-15)23-18-11-5-4-10-17(18)22(20(23)26)13-6-2-1-3-12-19(24)25/h4-5,7-11,14H,1-3,6,12-13H2,(H,24,25). The summed E-state index contributed by atoms with van der Waals surface area (Å²) in [6.45, 7) is 0.611. The molecule has 0 bridgehead atoms. The Bertz CT molecular complexity index is 975. The number of carboxylic acids is 1. The molecular weight excluding hydrogens is 352 g/mol. The van der Waals surface area contributed by atoms with Gasteiger partial charge < -0.3 is 5.11 Å². The SMILES string of the molecule is O=C(O)CCCCCCn1c(=O)n(-c2cccc(Cl)c2)c2ccccc21. The molecule has 1 aromatic heterocycles. The summed E-state index contributed by atoms with van der Waals surface area (Å²) in [5, 5.41) is 9.26. The number of halogens is 1. The van der Waals surface area contributed by atoms with Gasteiger partial charge in [0, 0.05) is 18.0 Å². The fraction of sp³-hybridized carbons (Fsp3) is 0.300. The zero-order valence-electron chi connectivity index (χ0n) is 14.4. The first kappa shape index (κ1) is 18.3. The number of imidazole rings is 1. The molecule has 0 aliphatic rings. The van der Waals surface area contributed by atoms with Crippen molar-refractivity contribution in [2.45, 2.75) is 38.6 Å². The molecular formula is C20H21ClN2O3. The van der Waals surface area contributed by atoms with Gasteiger partial charge in [-0.25, -0.2) is 4.79 Å². The predicted molar refractivity (Wildman–Crippen MR) is 103 cm³/mol. The van der Waals surface area contributed by atoms with E-state index in [0.717, 1.165) is 36.0 Å². The predicted octanol–water partition coefficient (Wildman–Crippen LogP) is 4.48. The van der Waals surface area contributed by atoms with Gasteiger partial charge in [0.05, 0.1) is 16.7 Å². The fourth-order valence-corrected chi connectivity index (χ4v) is 3.37. The van der Waals surface area contributed by atoms with E-state index in [4.69, 9.17) is 16.7 Å². The second-order valence-electron chi connectivity index (χ2n) is 6.30. The third kappa shape index (κ3) is 3.99. The van der Waals surface area contributed by atoms with Crippen molar-refractivity contribution in [2.75, 3.05) is 0 Å². The van der Waals surface area contributed by atoms with Crippen LogP contribution in [0, 0.1) is 0 Å². The molecule has 0 atom stereocenters. The van der Waals surface area contributed by atoms with E-state index in [1.165, 1.54) is 0 Å². The van der Waals surface area contributed by atoms with E-state index in [1.807, 2.05) is 36.4 Å². The molecule has 0 aliphatic carbocycles. The monoisotopic (exact) mass is 372 g/mol. The zero-order valence-corrected chi connectivity index (χ0v) is 15.2. The minimum Gasteiger partial charge on any atom is -0.481 e. The van der Waals surface area contributed by atoms with Crippen molar-refractivity contribution in [3.63, 3.8) is 0 Å². The van der Waals surface area contributed by atoms with Crippen LogP contribution in [-0.2, 0) is 11.3 Å².